The Labute approximate surface area is 68.7 Å². The average molecular weight is 162 g/mol. The summed E-state index contributed by atoms with van der Waals surface area (Å²) in [5, 5.41) is 0. The molecule has 0 aromatic carbocycles. The van der Waals surface area contributed by atoms with Crippen LogP contribution in [0.1, 0.15) is 0 Å². The molecule has 2 rings (SSSR count). The Bertz CT molecular complexity index is 315. The predicted molar refractivity (Wildman–Crippen MR) is 45.3 cm³/mol. The molecule has 2 heterocycles. The van der Waals surface area contributed by atoms with Crippen molar-refractivity contribution in [3.05, 3.63) is 36.8 Å². The Morgan fingerprint density at radius 1 is 1.00 bits per heavy atom. The highest BCUT2D eigenvalue weighted by atomic mass is 32.1. The van der Waals surface area contributed by atoms with E-state index in [1.165, 1.54) is 22.0 Å². The molecule has 0 aliphatic rings. The Balaban J connectivity index is 2.46. The van der Waals surface area contributed by atoms with Crippen LogP contribution < -0.4 is 0 Å². The van der Waals surface area contributed by atoms with E-state index in [0.29, 0.717) is 0 Å². The first kappa shape index (κ1) is 6.49. The minimum atomic E-state index is 1.18. The van der Waals surface area contributed by atoms with Gasteiger partial charge in [-0.2, -0.15) is 0 Å². The number of pyridine rings is 1. The first-order valence-electron chi connectivity index (χ1n) is 3.28. The molecule has 0 N–H and O–H groups in total. The van der Waals surface area contributed by atoms with Crippen LogP contribution in [0.15, 0.2) is 36.8 Å². The molecule has 0 atom stereocenters. The fourth-order valence-electron chi connectivity index (χ4n) is 0.881. The van der Waals surface area contributed by atoms with Crippen molar-refractivity contribution in [2.24, 2.45) is 0 Å². The molecule has 0 unspecified atom stereocenters. The lowest BCUT2D eigenvalue weighted by atomic mass is 10.2. The minimum absolute atomic E-state index is 1.18. The molecule has 3 heteroatoms. The topological polar surface area (TPSA) is 25.8 Å². The summed E-state index contributed by atoms with van der Waals surface area (Å²) < 4.78 is 4.02. The van der Waals surface area contributed by atoms with Crippen LogP contribution in [0.25, 0.3) is 10.4 Å². The highest BCUT2D eigenvalue weighted by molar-refractivity contribution is 7.09. The molecule has 0 amide bonds. The number of aromatic nitrogens is 2. The van der Waals surface area contributed by atoms with Crippen LogP contribution in [0.2, 0.25) is 0 Å². The molecule has 2 nitrogen and oxygen atoms in total. The Morgan fingerprint density at radius 2 is 1.82 bits per heavy atom. The van der Waals surface area contributed by atoms with E-state index in [-0.39, 0.29) is 0 Å². The van der Waals surface area contributed by atoms with Crippen molar-refractivity contribution in [1.29, 1.82) is 0 Å². The Kier molecular flexibility index (Phi) is 1.65. The van der Waals surface area contributed by atoms with E-state index in [1.807, 2.05) is 18.2 Å². The summed E-state index contributed by atoms with van der Waals surface area (Å²) in [6, 6.07) is 5.96. The van der Waals surface area contributed by atoms with Gasteiger partial charge < -0.3 is 0 Å². The van der Waals surface area contributed by atoms with Crippen LogP contribution in [0.4, 0.5) is 0 Å². The van der Waals surface area contributed by atoms with Crippen molar-refractivity contribution >= 4 is 11.5 Å². The van der Waals surface area contributed by atoms with Crippen LogP contribution in [0.5, 0.6) is 0 Å². The molecule has 2 aromatic rings. The van der Waals surface area contributed by atoms with Gasteiger partial charge in [-0.1, -0.05) is 0 Å². The Morgan fingerprint density at radius 3 is 2.45 bits per heavy atom. The number of nitrogens with zero attached hydrogens (tertiary/aromatic N) is 2. The molecule has 0 radical (unpaired) electrons. The van der Waals surface area contributed by atoms with Gasteiger partial charge in [0.2, 0.25) is 0 Å². The second-order valence-corrected chi connectivity index (χ2v) is 2.95. The molecule has 2 aromatic heterocycles. The van der Waals surface area contributed by atoms with Gasteiger partial charge >= 0.3 is 0 Å². The summed E-state index contributed by atoms with van der Waals surface area (Å²) in [5.41, 5.74) is 1.18. The van der Waals surface area contributed by atoms with Gasteiger partial charge in [0.1, 0.15) is 0 Å². The van der Waals surface area contributed by atoms with Gasteiger partial charge in [0.05, 0.1) is 4.88 Å². The maximum Gasteiger partial charge on any atom is 0.0550 e. The first-order valence-corrected chi connectivity index (χ1v) is 4.05. The zero-order chi connectivity index (χ0) is 7.52. The zero-order valence-corrected chi connectivity index (χ0v) is 6.58. The van der Waals surface area contributed by atoms with E-state index < -0.39 is 0 Å². The molecule has 54 valence electrons. The van der Waals surface area contributed by atoms with Crippen molar-refractivity contribution in [2.45, 2.75) is 0 Å². The molecule has 0 aliphatic carbocycles. The van der Waals surface area contributed by atoms with E-state index in [4.69, 9.17) is 0 Å². The molecule has 0 fully saturated rings. The maximum atomic E-state index is 4.02. The highest BCUT2D eigenvalue weighted by Crippen LogP contribution is 2.20. The third-order valence-corrected chi connectivity index (χ3v) is 2.20. The normalized spacial score (nSPS) is 9.82. The van der Waals surface area contributed by atoms with Gasteiger partial charge in [0.25, 0.3) is 0 Å². The summed E-state index contributed by atoms with van der Waals surface area (Å²) in [6.07, 6.45) is 5.38. The van der Waals surface area contributed by atoms with Crippen LogP contribution >= 0.6 is 11.5 Å². The van der Waals surface area contributed by atoms with Crippen molar-refractivity contribution in [3.63, 3.8) is 0 Å². The minimum Gasteiger partial charge on any atom is -0.265 e. The fraction of sp³-hybridized carbons (Fsp3) is 0. The van der Waals surface area contributed by atoms with Gasteiger partial charge in [-0.25, -0.2) is 4.37 Å². The molecule has 0 spiro atoms. The highest BCUT2D eigenvalue weighted by Gasteiger charge is 1.95. The third-order valence-electron chi connectivity index (χ3n) is 1.40. The molecule has 0 saturated carbocycles. The van der Waals surface area contributed by atoms with E-state index in [9.17, 15) is 0 Å². The van der Waals surface area contributed by atoms with Crippen LogP contribution in [-0.2, 0) is 0 Å². The lowest BCUT2D eigenvalue weighted by Gasteiger charge is -1.91. The maximum absolute atomic E-state index is 4.02. The standard InChI is InChI=1S/C8H6N2S/c1-4-9-5-2-7(1)8-3-6-10-11-8/h1-6H. The monoisotopic (exact) mass is 162 g/mol. The summed E-state index contributed by atoms with van der Waals surface area (Å²) in [4.78, 5) is 5.13. The molecular weight excluding hydrogens is 156 g/mol. The summed E-state index contributed by atoms with van der Waals surface area (Å²) in [7, 11) is 0. The van der Waals surface area contributed by atoms with E-state index in [2.05, 4.69) is 9.36 Å². The van der Waals surface area contributed by atoms with Crippen molar-refractivity contribution < 1.29 is 0 Å². The third kappa shape index (κ3) is 1.28. The molecule has 0 saturated heterocycles. The lowest BCUT2D eigenvalue weighted by Crippen LogP contribution is -1.71. The van der Waals surface area contributed by atoms with Gasteiger partial charge in [-0.3, -0.25) is 4.98 Å². The summed E-state index contributed by atoms with van der Waals surface area (Å²) in [5.74, 6) is 0. The number of rotatable bonds is 1. The SMILES string of the molecule is c1cc(-c2ccns2)ccn1. The van der Waals surface area contributed by atoms with Crippen molar-refractivity contribution in [3.8, 4) is 10.4 Å². The van der Waals surface area contributed by atoms with E-state index in [0.717, 1.165) is 0 Å². The zero-order valence-electron chi connectivity index (χ0n) is 5.77. The Hall–Kier alpha value is -1.22. The lowest BCUT2D eigenvalue weighted by molar-refractivity contribution is 1.33. The van der Waals surface area contributed by atoms with E-state index >= 15 is 0 Å². The van der Waals surface area contributed by atoms with Gasteiger partial charge in [-0.15, -0.1) is 0 Å². The quantitative estimate of drug-likeness (QED) is 0.642. The predicted octanol–water partition coefficient (Wildman–Crippen LogP) is 2.21. The largest absolute Gasteiger partial charge is 0.265 e. The van der Waals surface area contributed by atoms with Crippen LogP contribution in [-0.4, -0.2) is 9.36 Å². The van der Waals surface area contributed by atoms with Gasteiger partial charge in [0.15, 0.2) is 0 Å². The van der Waals surface area contributed by atoms with Crippen molar-refractivity contribution in [2.75, 3.05) is 0 Å². The first-order chi connectivity index (χ1) is 5.47. The fourth-order valence-corrected chi connectivity index (χ4v) is 1.48. The summed E-state index contributed by atoms with van der Waals surface area (Å²) in [6.45, 7) is 0. The number of hydrogen-bond acceptors (Lipinski definition) is 3. The molecular formula is C8H6N2S. The molecule has 0 bridgehead atoms. The van der Waals surface area contributed by atoms with Gasteiger partial charge in [0, 0.05) is 18.6 Å². The summed E-state index contributed by atoms with van der Waals surface area (Å²) >= 11 is 1.50. The van der Waals surface area contributed by atoms with Crippen molar-refractivity contribution in [1.82, 2.24) is 9.36 Å². The number of hydrogen-bond donors (Lipinski definition) is 0. The molecule has 11 heavy (non-hydrogen) atoms. The van der Waals surface area contributed by atoms with Crippen LogP contribution in [0.3, 0.4) is 0 Å². The smallest absolute Gasteiger partial charge is 0.0550 e. The van der Waals surface area contributed by atoms with Crippen LogP contribution in [0, 0.1) is 0 Å². The average Bonchev–Trinajstić information content (AvgIpc) is 2.58. The molecule has 0 aliphatic heterocycles. The second-order valence-electron chi connectivity index (χ2n) is 2.11. The van der Waals surface area contributed by atoms with Gasteiger partial charge in [-0.05, 0) is 35.3 Å². The van der Waals surface area contributed by atoms with E-state index in [1.54, 1.807) is 18.6 Å². The second kappa shape index (κ2) is 2.80.